The van der Waals surface area contributed by atoms with Crippen molar-refractivity contribution < 1.29 is 13.5 Å². The molecule has 0 aliphatic heterocycles. The van der Waals surface area contributed by atoms with Crippen LogP contribution in [0.5, 0.6) is 5.75 Å². The Hall–Kier alpha value is -1.63. The minimum atomic E-state index is -2.50. The van der Waals surface area contributed by atoms with Gasteiger partial charge in [0.25, 0.3) is 6.43 Å². The molecule has 0 saturated heterocycles. The quantitative estimate of drug-likeness (QED) is 0.766. The molecule has 0 saturated carbocycles. The molecule has 0 N–H and O–H groups in total. The minimum Gasteiger partial charge on any atom is -0.496 e. The summed E-state index contributed by atoms with van der Waals surface area (Å²) in [5, 5.41) is 8.42. The molecule has 0 aliphatic rings. The Bertz CT molecular complexity index is 371. The van der Waals surface area contributed by atoms with Crippen LogP contribution in [0.1, 0.15) is 24.0 Å². The molecule has 0 aromatic heterocycles. The largest absolute Gasteiger partial charge is 0.496 e. The molecule has 0 bridgehead atoms. The lowest BCUT2D eigenvalue weighted by molar-refractivity contribution is 0.151. The molecule has 0 aliphatic carbocycles. The summed E-state index contributed by atoms with van der Waals surface area (Å²) in [5.74, 6) is 0.419. The van der Waals surface area contributed by atoms with Crippen LogP contribution in [0.15, 0.2) is 18.2 Å². The number of nitriles is 1. The van der Waals surface area contributed by atoms with Crippen molar-refractivity contribution in [3.8, 4) is 11.8 Å². The van der Waals surface area contributed by atoms with E-state index >= 15 is 0 Å². The third-order valence-electron chi connectivity index (χ3n) is 2.07. The first-order chi connectivity index (χ1) is 7.19. The first-order valence-electron chi connectivity index (χ1n) is 4.51. The molecule has 1 rings (SSSR count). The van der Waals surface area contributed by atoms with Crippen molar-refractivity contribution >= 4 is 0 Å². The van der Waals surface area contributed by atoms with E-state index in [1.54, 1.807) is 6.07 Å². The van der Waals surface area contributed by atoms with Crippen LogP contribution in [0, 0.1) is 11.3 Å². The molecular formula is C11H11F2NO. The summed E-state index contributed by atoms with van der Waals surface area (Å²) in [4.78, 5) is 0. The molecule has 0 spiro atoms. The van der Waals surface area contributed by atoms with Crippen molar-refractivity contribution in [2.75, 3.05) is 7.11 Å². The zero-order chi connectivity index (χ0) is 11.3. The summed E-state index contributed by atoms with van der Waals surface area (Å²) in [6, 6.07) is 6.26. The molecular weight excluding hydrogens is 200 g/mol. The van der Waals surface area contributed by atoms with Gasteiger partial charge in [0, 0.05) is 12.0 Å². The zero-order valence-corrected chi connectivity index (χ0v) is 8.34. The van der Waals surface area contributed by atoms with Crippen molar-refractivity contribution in [3.05, 3.63) is 29.3 Å². The predicted octanol–water partition coefficient (Wildman–Crippen LogP) is 3.09. The number of alkyl halides is 2. The van der Waals surface area contributed by atoms with Crippen molar-refractivity contribution in [3.63, 3.8) is 0 Å². The maximum Gasteiger partial charge on any atom is 0.263 e. The molecule has 80 valence electrons. The summed E-state index contributed by atoms with van der Waals surface area (Å²) in [6.45, 7) is 0. The van der Waals surface area contributed by atoms with Crippen LogP contribution in [0.3, 0.4) is 0 Å². The zero-order valence-electron chi connectivity index (χ0n) is 8.34. The van der Waals surface area contributed by atoms with Crippen LogP contribution >= 0.6 is 0 Å². The number of halogens is 2. The second-order valence-electron chi connectivity index (χ2n) is 3.03. The predicted molar refractivity (Wildman–Crippen MR) is 51.9 cm³/mol. The molecule has 0 heterocycles. The van der Waals surface area contributed by atoms with Gasteiger partial charge < -0.3 is 4.74 Å². The number of benzene rings is 1. The van der Waals surface area contributed by atoms with E-state index in [1.165, 1.54) is 19.2 Å². The highest BCUT2D eigenvalue weighted by Crippen LogP contribution is 2.27. The fraction of sp³-hybridized carbons (Fsp3) is 0.364. The Morgan fingerprint density at radius 2 is 2.20 bits per heavy atom. The molecule has 0 atom stereocenters. The number of rotatable bonds is 4. The SMILES string of the molecule is COc1cc(C(F)F)ccc1CCC#N. The van der Waals surface area contributed by atoms with E-state index in [0.29, 0.717) is 18.6 Å². The van der Waals surface area contributed by atoms with E-state index in [1.807, 2.05) is 6.07 Å². The van der Waals surface area contributed by atoms with Crippen molar-refractivity contribution in [1.29, 1.82) is 5.26 Å². The van der Waals surface area contributed by atoms with Gasteiger partial charge in [-0.2, -0.15) is 5.26 Å². The molecule has 0 radical (unpaired) electrons. The molecule has 4 heteroatoms. The van der Waals surface area contributed by atoms with Gasteiger partial charge in [-0.1, -0.05) is 12.1 Å². The van der Waals surface area contributed by atoms with Gasteiger partial charge in [-0.25, -0.2) is 8.78 Å². The molecule has 1 aromatic rings. The number of nitrogens with zero attached hydrogens (tertiary/aromatic N) is 1. The maximum absolute atomic E-state index is 12.4. The van der Waals surface area contributed by atoms with Crippen molar-refractivity contribution in [2.24, 2.45) is 0 Å². The lowest BCUT2D eigenvalue weighted by Crippen LogP contribution is -1.94. The Kier molecular flexibility index (Phi) is 4.04. The Morgan fingerprint density at radius 1 is 1.47 bits per heavy atom. The van der Waals surface area contributed by atoms with Crippen LogP contribution < -0.4 is 4.74 Å². The van der Waals surface area contributed by atoms with Crippen LogP contribution in [-0.2, 0) is 6.42 Å². The number of ether oxygens (including phenoxy) is 1. The highest BCUT2D eigenvalue weighted by molar-refractivity contribution is 5.38. The Morgan fingerprint density at radius 3 is 2.73 bits per heavy atom. The molecule has 0 unspecified atom stereocenters. The number of hydrogen-bond donors (Lipinski definition) is 0. The summed E-state index contributed by atoms with van der Waals surface area (Å²) in [6.07, 6.45) is -1.63. The second-order valence-corrected chi connectivity index (χ2v) is 3.03. The fourth-order valence-corrected chi connectivity index (χ4v) is 1.29. The van der Waals surface area contributed by atoms with E-state index < -0.39 is 6.43 Å². The van der Waals surface area contributed by atoms with Gasteiger partial charge in [0.1, 0.15) is 5.75 Å². The van der Waals surface area contributed by atoms with Crippen LogP contribution in [0.25, 0.3) is 0 Å². The van der Waals surface area contributed by atoms with Gasteiger partial charge in [-0.15, -0.1) is 0 Å². The lowest BCUT2D eigenvalue weighted by atomic mass is 10.1. The van der Waals surface area contributed by atoms with Crippen LogP contribution in [0.2, 0.25) is 0 Å². The summed E-state index contributed by atoms with van der Waals surface area (Å²) in [5.41, 5.74) is 0.719. The van der Waals surface area contributed by atoms with Gasteiger partial charge in [0.05, 0.1) is 13.2 Å². The van der Waals surface area contributed by atoms with E-state index in [-0.39, 0.29) is 5.56 Å². The average molecular weight is 211 g/mol. The van der Waals surface area contributed by atoms with E-state index in [2.05, 4.69) is 0 Å². The van der Waals surface area contributed by atoms with Gasteiger partial charge in [-0.3, -0.25) is 0 Å². The van der Waals surface area contributed by atoms with E-state index in [4.69, 9.17) is 10.00 Å². The summed E-state index contributed by atoms with van der Waals surface area (Å²) in [7, 11) is 1.43. The topological polar surface area (TPSA) is 33.0 Å². The van der Waals surface area contributed by atoms with Crippen molar-refractivity contribution in [2.45, 2.75) is 19.3 Å². The number of hydrogen-bond acceptors (Lipinski definition) is 2. The van der Waals surface area contributed by atoms with Gasteiger partial charge in [0.2, 0.25) is 0 Å². The molecule has 15 heavy (non-hydrogen) atoms. The molecule has 0 fully saturated rings. The fourth-order valence-electron chi connectivity index (χ4n) is 1.29. The molecule has 0 amide bonds. The van der Waals surface area contributed by atoms with E-state index in [9.17, 15) is 8.78 Å². The maximum atomic E-state index is 12.4. The summed E-state index contributed by atoms with van der Waals surface area (Å²) >= 11 is 0. The smallest absolute Gasteiger partial charge is 0.263 e. The third kappa shape index (κ3) is 2.91. The number of aryl methyl sites for hydroxylation is 1. The van der Waals surface area contributed by atoms with Gasteiger partial charge >= 0.3 is 0 Å². The van der Waals surface area contributed by atoms with E-state index in [0.717, 1.165) is 5.56 Å². The summed E-state index contributed by atoms with van der Waals surface area (Å²) < 4.78 is 29.7. The van der Waals surface area contributed by atoms with Gasteiger partial charge in [-0.05, 0) is 18.1 Å². The Balaban J connectivity index is 2.94. The number of methoxy groups -OCH3 is 1. The first kappa shape index (κ1) is 11.4. The highest BCUT2D eigenvalue weighted by atomic mass is 19.3. The average Bonchev–Trinajstić information content (AvgIpc) is 2.25. The monoisotopic (exact) mass is 211 g/mol. The first-order valence-corrected chi connectivity index (χ1v) is 4.51. The van der Waals surface area contributed by atoms with Gasteiger partial charge in [0.15, 0.2) is 0 Å². The third-order valence-corrected chi connectivity index (χ3v) is 2.07. The van der Waals surface area contributed by atoms with Crippen LogP contribution in [-0.4, -0.2) is 7.11 Å². The lowest BCUT2D eigenvalue weighted by Gasteiger charge is -2.09. The molecule has 2 nitrogen and oxygen atoms in total. The standard InChI is InChI=1S/C11H11F2NO/c1-15-10-7-9(11(12)13)5-4-8(10)3-2-6-14/h4-5,7,11H,2-3H2,1H3. The highest BCUT2D eigenvalue weighted by Gasteiger charge is 2.10. The molecule has 1 aromatic carbocycles. The normalized spacial score (nSPS) is 10.1. The Labute approximate surface area is 87.1 Å². The minimum absolute atomic E-state index is 0.0624. The second kappa shape index (κ2) is 5.30. The van der Waals surface area contributed by atoms with Crippen molar-refractivity contribution in [1.82, 2.24) is 0 Å². The van der Waals surface area contributed by atoms with Crippen LogP contribution in [0.4, 0.5) is 8.78 Å².